The van der Waals surface area contributed by atoms with Crippen molar-refractivity contribution < 1.29 is 19.1 Å². The number of carbonyl (C=O) groups excluding carboxylic acids is 1. The van der Waals surface area contributed by atoms with E-state index in [1.807, 2.05) is 6.92 Å². The first kappa shape index (κ1) is 13.3. The van der Waals surface area contributed by atoms with E-state index in [0.29, 0.717) is 12.2 Å². The Balaban J connectivity index is 2.29. The molecule has 19 heavy (non-hydrogen) atoms. The van der Waals surface area contributed by atoms with E-state index >= 15 is 0 Å². The first-order valence-electron chi connectivity index (χ1n) is 6.01. The number of hydrogen-bond acceptors (Lipinski definition) is 3. The molecular formula is C13H15FN2O3. The minimum absolute atomic E-state index is 0.0809. The van der Waals surface area contributed by atoms with Crippen molar-refractivity contribution in [1.29, 1.82) is 0 Å². The lowest BCUT2D eigenvalue weighted by Gasteiger charge is -2.39. The van der Waals surface area contributed by atoms with Gasteiger partial charge in [0, 0.05) is 18.3 Å². The van der Waals surface area contributed by atoms with Crippen molar-refractivity contribution in [1.82, 2.24) is 5.32 Å². The van der Waals surface area contributed by atoms with Crippen LogP contribution in [-0.2, 0) is 9.59 Å². The van der Waals surface area contributed by atoms with Crippen molar-refractivity contribution in [3.05, 3.63) is 30.1 Å². The minimum atomic E-state index is -1.04. The number of nitrogens with one attached hydrogen (secondary N) is 1. The summed E-state index contributed by atoms with van der Waals surface area (Å²) in [6.45, 7) is 2.33. The largest absolute Gasteiger partial charge is 0.481 e. The van der Waals surface area contributed by atoms with Gasteiger partial charge < -0.3 is 15.3 Å². The summed E-state index contributed by atoms with van der Waals surface area (Å²) in [5, 5.41) is 11.6. The topological polar surface area (TPSA) is 69.6 Å². The second-order valence-corrected chi connectivity index (χ2v) is 4.65. The third kappa shape index (κ3) is 3.01. The van der Waals surface area contributed by atoms with Crippen molar-refractivity contribution in [3.8, 4) is 0 Å². The lowest BCUT2D eigenvalue weighted by atomic mass is 10.0. The van der Waals surface area contributed by atoms with Gasteiger partial charge in [-0.2, -0.15) is 0 Å². The standard InChI is InChI=1S/C13H15FN2O3/c1-8-7-16(10-4-2-9(14)3-5-10)11(6-12(17)18)13(19)15-8/h2-5,8,11H,6-7H2,1H3,(H,15,19)(H,17,18). The fraction of sp³-hybridized carbons (Fsp3) is 0.385. The minimum Gasteiger partial charge on any atom is -0.481 e. The van der Waals surface area contributed by atoms with Crippen LogP contribution >= 0.6 is 0 Å². The van der Waals surface area contributed by atoms with E-state index in [4.69, 9.17) is 5.11 Å². The van der Waals surface area contributed by atoms with Crippen LogP contribution in [0.1, 0.15) is 13.3 Å². The van der Waals surface area contributed by atoms with Gasteiger partial charge in [-0.05, 0) is 31.2 Å². The highest BCUT2D eigenvalue weighted by Crippen LogP contribution is 2.22. The van der Waals surface area contributed by atoms with Crippen LogP contribution in [0.15, 0.2) is 24.3 Å². The number of rotatable bonds is 3. The number of anilines is 1. The smallest absolute Gasteiger partial charge is 0.305 e. The summed E-state index contributed by atoms with van der Waals surface area (Å²) < 4.78 is 12.9. The van der Waals surface area contributed by atoms with Crippen molar-refractivity contribution in [2.45, 2.75) is 25.4 Å². The number of piperazine rings is 1. The number of hydrogen-bond donors (Lipinski definition) is 2. The number of carboxylic acid groups (broad SMARTS) is 1. The third-order valence-electron chi connectivity index (χ3n) is 3.06. The lowest BCUT2D eigenvalue weighted by molar-refractivity contribution is -0.140. The Morgan fingerprint density at radius 3 is 2.68 bits per heavy atom. The maximum absolute atomic E-state index is 12.9. The Bertz CT molecular complexity index is 489. The van der Waals surface area contributed by atoms with Gasteiger partial charge in [-0.15, -0.1) is 0 Å². The number of carbonyl (C=O) groups is 2. The monoisotopic (exact) mass is 266 g/mol. The van der Waals surface area contributed by atoms with Gasteiger partial charge >= 0.3 is 5.97 Å². The highest BCUT2D eigenvalue weighted by atomic mass is 19.1. The normalized spacial score (nSPS) is 23.1. The van der Waals surface area contributed by atoms with Crippen LogP contribution < -0.4 is 10.2 Å². The summed E-state index contributed by atoms with van der Waals surface area (Å²) in [6.07, 6.45) is -0.282. The fourth-order valence-corrected chi connectivity index (χ4v) is 2.23. The Labute approximate surface area is 110 Å². The average molecular weight is 266 g/mol. The molecule has 1 saturated heterocycles. The molecule has 0 saturated carbocycles. The van der Waals surface area contributed by atoms with Crippen LogP contribution in [0.5, 0.6) is 0 Å². The average Bonchev–Trinajstić information content (AvgIpc) is 2.33. The van der Waals surface area contributed by atoms with Gasteiger partial charge in [0.2, 0.25) is 5.91 Å². The van der Waals surface area contributed by atoms with Crippen LogP contribution in [0.2, 0.25) is 0 Å². The van der Waals surface area contributed by atoms with E-state index in [2.05, 4.69) is 5.32 Å². The SMILES string of the molecule is CC1CN(c2ccc(F)cc2)C(CC(=O)O)C(=O)N1. The van der Waals surface area contributed by atoms with Gasteiger partial charge in [0.1, 0.15) is 11.9 Å². The Morgan fingerprint density at radius 2 is 2.11 bits per heavy atom. The van der Waals surface area contributed by atoms with Gasteiger partial charge in [-0.1, -0.05) is 0 Å². The van der Waals surface area contributed by atoms with Crippen molar-refractivity contribution in [2.75, 3.05) is 11.4 Å². The lowest BCUT2D eigenvalue weighted by Crippen LogP contribution is -2.60. The van der Waals surface area contributed by atoms with Crippen molar-refractivity contribution >= 4 is 17.6 Å². The summed E-state index contributed by atoms with van der Waals surface area (Å²) in [7, 11) is 0. The first-order valence-corrected chi connectivity index (χ1v) is 6.01. The molecule has 0 radical (unpaired) electrons. The molecule has 1 fully saturated rings. The first-order chi connectivity index (χ1) is 8.97. The number of halogens is 1. The molecule has 5 nitrogen and oxygen atoms in total. The predicted octanol–water partition coefficient (Wildman–Crippen LogP) is 0.994. The van der Waals surface area contributed by atoms with Gasteiger partial charge in [0.05, 0.1) is 6.42 Å². The van der Waals surface area contributed by atoms with Crippen LogP contribution in [0.25, 0.3) is 0 Å². The van der Waals surface area contributed by atoms with E-state index in [0.717, 1.165) is 0 Å². The summed E-state index contributed by atoms with van der Waals surface area (Å²) in [5.74, 6) is -1.72. The Morgan fingerprint density at radius 1 is 1.47 bits per heavy atom. The van der Waals surface area contributed by atoms with E-state index in [9.17, 15) is 14.0 Å². The molecule has 1 aromatic rings. The fourth-order valence-electron chi connectivity index (χ4n) is 2.23. The maximum Gasteiger partial charge on any atom is 0.305 e. The maximum atomic E-state index is 12.9. The summed E-state index contributed by atoms with van der Waals surface area (Å²) >= 11 is 0. The molecule has 2 N–H and O–H groups in total. The molecule has 0 bridgehead atoms. The zero-order valence-corrected chi connectivity index (χ0v) is 10.5. The number of carboxylic acids is 1. The summed E-state index contributed by atoms with van der Waals surface area (Å²) in [6, 6.07) is 4.85. The number of nitrogens with zero attached hydrogens (tertiary/aromatic N) is 1. The van der Waals surface area contributed by atoms with E-state index < -0.39 is 12.0 Å². The molecule has 0 aromatic heterocycles. The van der Waals surface area contributed by atoms with Crippen LogP contribution in [0.3, 0.4) is 0 Å². The van der Waals surface area contributed by atoms with E-state index in [1.54, 1.807) is 17.0 Å². The van der Waals surface area contributed by atoms with E-state index in [1.165, 1.54) is 12.1 Å². The Kier molecular flexibility index (Phi) is 3.69. The molecule has 1 amide bonds. The van der Waals surface area contributed by atoms with Gasteiger partial charge in [0.25, 0.3) is 0 Å². The molecular weight excluding hydrogens is 251 g/mol. The van der Waals surface area contributed by atoms with Crippen LogP contribution in [-0.4, -0.2) is 35.6 Å². The highest BCUT2D eigenvalue weighted by Gasteiger charge is 2.34. The molecule has 2 atom stereocenters. The van der Waals surface area contributed by atoms with Gasteiger partial charge in [-0.25, -0.2) is 4.39 Å². The second kappa shape index (κ2) is 5.26. The van der Waals surface area contributed by atoms with E-state index in [-0.39, 0.29) is 24.2 Å². The third-order valence-corrected chi connectivity index (χ3v) is 3.06. The molecule has 0 spiro atoms. The molecule has 6 heteroatoms. The number of benzene rings is 1. The molecule has 0 aliphatic carbocycles. The van der Waals surface area contributed by atoms with Crippen LogP contribution in [0, 0.1) is 5.82 Å². The Hall–Kier alpha value is -2.11. The van der Waals surface area contributed by atoms with Gasteiger partial charge in [0.15, 0.2) is 0 Å². The zero-order chi connectivity index (χ0) is 14.0. The molecule has 2 unspecified atom stereocenters. The molecule has 2 rings (SSSR count). The van der Waals surface area contributed by atoms with Crippen LogP contribution in [0.4, 0.5) is 10.1 Å². The highest BCUT2D eigenvalue weighted by molar-refractivity contribution is 5.90. The summed E-state index contributed by atoms with van der Waals surface area (Å²) in [5.41, 5.74) is 0.648. The molecule has 1 aliphatic heterocycles. The van der Waals surface area contributed by atoms with Crippen molar-refractivity contribution in [3.63, 3.8) is 0 Å². The molecule has 102 valence electrons. The van der Waals surface area contributed by atoms with Crippen molar-refractivity contribution in [2.24, 2.45) is 0 Å². The molecule has 1 aromatic carbocycles. The molecule has 1 heterocycles. The van der Waals surface area contributed by atoms with Gasteiger partial charge in [-0.3, -0.25) is 9.59 Å². The second-order valence-electron chi connectivity index (χ2n) is 4.65. The number of aliphatic carboxylic acids is 1. The quantitative estimate of drug-likeness (QED) is 0.856. The number of amides is 1. The zero-order valence-electron chi connectivity index (χ0n) is 10.5. The summed E-state index contributed by atoms with van der Waals surface area (Å²) in [4.78, 5) is 24.5. The predicted molar refractivity (Wildman–Crippen MR) is 67.4 cm³/mol. The molecule has 1 aliphatic rings.